The van der Waals surface area contributed by atoms with Crippen molar-refractivity contribution in [2.75, 3.05) is 0 Å². The molecule has 0 saturated heterocycles. The molecule has 0 atom stereocenters. The summed E-state index contributed by atoms with van der Waals surface area (Å²) in [4.78, 5) is 11.4. The molecule has 0 spiro atoms. The first-order valence-corrected chi connectivity index (χ1v) is 11.6. The molecule has 0 rings (SSSR count). The van der Waals surface area contributed by atoms with Gasteiger partial charge >= 0.3 is 0 Å². The van der Waals surface area contributed by atoms with Crippen LogP contribution in [0.3, 0.4) is 0 Å². The number of rotatable bonds is 9. The fourth-order valence-electron chi connectivity index (χ4n) is 1.46. The highest BCUT2D eigenvalue weighted by atomic mass is 79.9. The van der Waals surface area contributed by atoms with Gasteiger partial charge in [-0.1, -0.05) is 73.3 Å². The molecule has 0 unspecified atom stereocenters. The Morgan fingerprint density at radius 3 is 1.74 bits per heavy atom. The van der Waals surface area contributed by atoms with Crippen LogP contribution in [0.5, 0.6) is 0 Å². The summed E-state index contributed by atoms with van der Waals surface area (Å²) in [5.74, 6) is 0. The summed E-state index contributed by atoms with van der Waals surface area (Å²) >= 11 is 3.22. The van der Waals surface area contributed by atoms with Crippen molar-refractivity contribution in [1.29, 1.82) is 0 Å². The molecule has 0 bridgehead atoms. The highest BCUT2D eigenvalue weighted by Gasteiger charge is 2.09. The molecule has 0 aromatic carbocycles. The van der Waals surface area contributed by atoms with E-state index >= 15 is 0 Å². The average molecular weight is 349 g/mol. The van der Waals surface area contributed by atoms with E-state index < -0.39 is 8.32 Å². The second-order valence-corrected chi connectivity index (χ2v) is 9.58. The van der Waals surface area contributed by atoms with Crippen molar-refractivity contribution in [3.63, 3.8) is 0 Å². The third kappa shape index (κ3) is 27.4. The summed E-state index contributed by atoms with van der Waals surface area (Å²) in [5.41, 5.74) is 2.00. The van der Waals surface area contributed by atoms with Gasteiger partial charge in [0, 0.05) is 0 Å². The second-order valence-electron chi connectivity index (χ2n) is 5.41. The molecule has 0 aliphatic heterocycles. The highest BCUT2D eigenvalue weighted by Crippen LogP contribution is 2.03. The molecular weight excluding hydrogens is 316 g/mol. The van der Waals surface area contributed by atoms with E-state index in [1.54, 1.807) is 0 Å². The number of halogens is 1. The third-order valence-corrected chi connectivity index (χ3v) is 3.99. The lowest BCUT2D eigenvalue weighted by Gasteiger charge is -2.05. The lowest BCUT2D eigenvalue weighted by atomic mass is 10.2. The molecule has 1 nitrogen and oxygen atoms in total. The Kier molecular flexibility index (Phi) is 18.3. The minimum Gasteiger partial charge on any atom is -0.428 e. The first kappa shape index (κ1) is 21.4. The SMILES string of the molecule is CCCCC/C=C/Br.CCCCC/C=C/[Si](C)(C)O. The smallest absolute Gasteiger partial charge is 0.206 e. The van der Waals surface area contributed by atoms with Gasteiger partial charge in [-0.3, -0.25) is 0 Å². The predicted octanol–water partition coefficient (Wildman–Crippen LogP) is 6.33. The van der Waals surface area contributed by atoms with Crippen molar-refractivity contribution < 1.29 is 4.80 Å². The van der Waals surface area contributed by atoms with Gasteiger partial charge in [0.1, 0.15) is 0 Å². The maximum atomic E-state index is 9.43. The fraction of sp³-hybridized carbons (Fsp3) is 0.750. The van der Waals surface area contributed by atoms with E-state index in [9.17, 15) is 4.80 Å². The maximum Gasteiger partial charge on any atom is 0.206 e. The van der Waals surface area contributed by atoms with E-state index in [0.29, 0.717) is 0 Å². The zero-order chi connectivity index (χ0) is 15.0. The quantitative estimate of drug-likeness (QED) is 0.381. The van der Waals surface area contributed by atoms with Gasteiger partial charge in [-0.2, -0.15) is 0 Å². The molecule has 0 aromatic rings. The number of hydrogen-bond donors (Lipinski definition) is 1. The Labute approximate surface area is 130 Å². The fourth-order valence-corrected chi connectivity index (χ4v) is 2.47. The normalized spacial score (nSPS) is 11.9. The van der Waals surface area contributed by atoms with Crippen LogP contribution in [0.2, 0.25) is 13.1 Å². The van der Waals surface area contributed by atoms with Gasteiger partial charge in [-0.15, -0.1) is 0 Å². The topological polar surface area (TPSA) is 20.2 Å². The van der Waals surface area contributed by atoms with Crippen molar-refractivity contribution in [2.24, 2.45) is 0 Å². The summed E-state index contributed by atoms with van der Waals surface area (Å²) in [6.07, 6.45) is 14.5. The van der Waals surface area contributed by atoms with Crippen LogP contribution in [0.4, 0.5) is 0 Å². The van der Waals surface area contributed by atoms with Crippen molar-refractivity contribution in [3.05, 3.63) is 22.8 Å². The maximum absolute atomic E-state index is 9.43. The van der Waals surface area contributed by atoms with E-state index in [1.165, 1.54) is 44.9 Å². The van der Waals surface area contributed by atoms with Gasteiger partial charge in [0.25, 0.3) is 0 Å². The Hall–Kier alpha value is 0.137. The van der Waals surface area contributed by atoms with Crippen molar-refractivity contribution >= 4 is 24.2 Å². The largest absolute Gasteiger partial charge is 0.428 e. The van der Waals surface area contributed by atoms with Gasteiger partial charge in [0.2, 0.25) is 8.32 Å². The Morgan fingerprint density at radius 1 is 0.895 bits per heavy atom. The van der Waals surface area contributed by atoms with Crippen LogP contribution < -0.4 is 0 Å². The Balaban J connectivity index is 0. The lowest BCUT2D eigenvalue weighted by molar-refractivity contribution is 0.567. The van der Waals surface area contributed by atoms with Crippen LogP contribution in [-0.4, -0.2) is 13.1 Å². The molecule has 114 valence electrons. The van der Waals surface area contributed by atoms with Gasteiger partial charge in [0.05, 0.1) is 0 Å². The molecule has 19 heavy (non-hydrogen) atoms. The van der Waals surface area contributed by atoms with Gasteiger partial charge in [0.15, 0.2) is 0 Å². The van der Waals surface area contributed by atoms with Gasteiger partial charge in [-0.25, -0.2) is 0 Å². The standard InChI is InChI=1S/C9H20OSi.C7H13Br/c1-4-5-6-7-8-9-11(2,3)10;1-2-3-4-5-6-7-8/h8-10H,4-7H2,1-3H3;6-7H,2-5H2,1H3/b9-8+;7-6+. The summed E-state index contributed by atoms with van der Waals surface area (Å²) < 4.78 is 0. The highest BCUT2D eigenvalue weighted by molar-refractivity contribution is 9.11. The molecule has 0 aromatic heterocycles. The zero-order valence-corrected chi connectivity index (χ0v) is 15.9. The van der Waals surface area contributed by atoms with Crippen LogP contribution in [0.25, 0.3) is 0 Å². The third-order valence-electron chi connectivity index (χ3n) is 2.56. The van der Waals surface area contributed by atoms with Gasteiger partial charge in [-0.05, 0) is 43.8 Å². The van der Waals surface area contributed by atoms with E-state index in [1.807, 2.05) is 23.8 Å². The minimum absolute atomic E-state index is 1.13. The first-order valence-electron chi connectivity index (χ1n) is 7.63. The molecule has 0 aliphatic carbocycles. The molecule has 0 heterocycles. The summed E-state index contributed by atoms with van der Waals surface area (Å²) in [6, 6.07) is 0. The van der Waals surface area contributed by atoms with Crippen molar-refractivity contribution in [2.45, 2.75) is 78.3 Å². The predicted molar refractivity (Wildman–Crippen MR) is 95.2 cm³/mol. The van der Waals surface area contributed by atoms with E-state index in [4.69, 9.17) is 0 Å². The van der Waals surface area contributed by atoms with E-state index in [-0.39, 0.29) is 0 Å². The molecule has 1 N–H and O–H groups in total. The second kappa shape index (κ2) is 16.2. The van der Waals surface area contributed by atoms with Crippen LogP contribution in [0.15, 0.2) is 22.8 Å². The Bertz CT molecular complexity index is 219. The van der Waals surface area contributed by atoms with Crippen LogP contribution in [-0.2, 0) is 0 Å². The van der Waals surface area contributed by atoms with Crippen molar-refractivity contribution in [3.8, 4) is 0 Å². The molecule has 0 fully saturated rings. The number of hydrogen-bond acceptors (Lipinski definition) is 1. The molecular formula is C16H33BrOSi. The monoisotopic (exact) mass is 348 g/mol. The first-order chi connectivity index (χ1) is 8.97. The summed E-state index contributed by atoms with van der Waals surface area (Å²) in [5, 5.41) is 0. The average Bonchev–Trinajstić information content (AvgIpc) is 2.34. The molecule has 0 aliphatic rings. The minimum atomic E-state index is -1.90. The molecule has 0 amide bonds. The summed E-state index contributed by atoms with van der Waals surface area (Å²) in [6.45, 7) is 8.29. The van der Waals surface area contributed by atoms with E-state index in [2.05, 4.69) is 41.9 Å². The Morgan fingerprint density at radius 2 is 1.37 bits per heavy atom. The summed E-state index contributed by atoms with van der Waals surface area (Å²) in [7, 11) is -1.90. The number of allylic oxidation sites excluding steroid dienone is 2. The zero-order valence-electron chi connectivity index (χ0n) is 13.3. The molecule has 0 saturated carbocycles. The number of unbranched alkanes of at least 4 members (excludes halogenated alkanes) is 6. The lowest BCUT2D eigenvalue weighted by Crippen LogP contribution is -2.21. The van der Waals surface area contributed by atoms with Crippen LogP contribution in [0, 0.1) is 0 Å². The van der Waals surface area contributed by atoms with Crippen molar-refractivity contribution in [1.82, 2.24) is 0 Å². The van der Waals surface area contributed by atoms with Gasteiger partial charge < -0.3 is 4.80 Å². The van der Waals surface area contributed by atoms with Crippen LogP contribution >= 0.6 is 15.9 Å². The van der Waals surface area contributed by atoms with E-state index in [0.717, 1.165) is 6.42 Å². The molecule has 0 radical (unpaired) electrons. The van der Waals surface area contributed by atoms with Crippen LogP contribution in [0.1, 0.15) is 65.2 Å². The molecule has 3 heteroatoms.